The van der Waals surface area contributed by atoms with E-state index in [-0.39, 0.29) is 11.8 Å². The summed E-state index contributed by atoms with van der Waals surface area (Å²) in [5, 5.41) is 18.7. The second-order valence-electron chi connectivity index (χ2n) is 5.30. The van der Waals surface area contributed by atoms with Crippen LogP contribution in [0.3, 0.4) is 0 Å². The van der Waals surface area contributed by atoms with Gasteiger partial charge in [-0.05, 0) is 25.5 Å². The van der Waals surface area contributed by atoms with Gasteiger partial charge in [0.05, 0.1) is 5.52 Å². The van der Waals surface area contributed by atoms with Gasteiger partial charge < -0.3 is 9.67 Å². The fourth-order valence-corrected chi connectivity index (χ4v) is 2.31. The summed E-state index contributed by atoms with van der Waals surface area (Å²) in [4.78, 5) is 11.7. The lowest BCUT2D eigenvalue weighted by Gasteiger charge is -1.96. The van der Waals surface area contributed by atoms with Crippen molar-refractivity contribution < 1.29 is 9.90 Å². The molecular formula is C16H21N3O2. The normalized spacial score (nSPS) is 11.6. The van der Waals surface area contributed by atoms with Crippen molar-refractivity contribution in [2.24, 2.45) is 17.3 Å². The predicted octanol–water partition coefficient (Wildman–Crippen LogP) is 4.38. The second kappa shape index (κ2) is 6.52. The molecule has 0 bridgehead atoms. The molecule has 1 heterocycles. The number of rotatable bonds is 5. The van der Waals surface area contributed by atoms with Crippen LogP contribution in [0.2, 0.25) is 0 Å². The van der Waals surface area contributed by atoms with Gasteiger partial charge in [-0.3, -0.25) is 4.79 Å². The van der Waals surface area contributed by atoms with E-state index in [2.05, 4.69) is 17.2 Å². The van der Waals surface area contributed by atoms with Crippen LogP contribution in [0.25, 0.3) is 10.9 Å². The average molecular weight is 287 g/mol. The van der Waals surface area contributed by atoms with Gasteiger partial charge in [0, 0.05) is 18.9 Å². The first-order chi connectivity index (χ1) is 10.0. The Kier molecular flexibility index (Phi) is 4.73. The molecule has 1 aromatic carbocycles. The van der Waals surface area contributed by atoms with Crippen LogP contribution in [-0.4, -0.2) is 15.6 Å². The zero-order chi connectivity index (χ0) is 15.4. The first-order valence-corrected chi connectivity index (χ1v) is 7.27. The molecule has 0 saturated heterocycles. The smallest absolute Gasteiger partial charge is 0.264 e. The largest absolute Gasteiger partial charge is 0.493 e. The van der Waals surface area contributed by atoms with Crippen molar-refractivity contribution >= 4 is 22.5 Å². The minimum Gasteiger partial charge on any atom is -0.493 e. The van der Waals surface area contributed by atoms with Gasteiger partial charge in [0.15, 0.2) is 5.69 Å². The number of aromatic nitrogens is 1. The number of benzene rings is 1. The molecule has 2 rings (SSSR count). The zero-order valence-corrected chi connectivity index (χ0v) is 12.8. The molecule has 0 aliphatic heterocycles. The molecule has 0 aliphatic rings. The van der Waals surface area contributed by atoms with Gasteiger partial charge in [-0.25, -0.2) is 0 Å². The summed E-state index contributed by atoms with van der Waals surface area (Å²) in [7, 11) is 1.76. The predicted molar refractivity (Wildman–Crippen MR) is 83.0 cm³/mol. The number of hydrogen-bond acceptors (Lipinski definition) is 3. The highest BCUT2D eigenvalue weighted by molar-refractivity contribution is 5.95. The molecule has 0 fully saturated rings. The molecule has 0 radical (unpaired) electrons. The molecule has 112 valence electrons. The molecule has 0 spiro atoms. The van der Waals surface area contributed by atoms with Crippen molar-refractivity contribution in [3.8, 4) is 5.88 Å². The van der Waals surface area contributed by atoms with E-state index in [0.29, 0.717) is 12.1 Å². The molecule has 1 aromatic heterocycles. The molecule has 21 heavy (non-hydrogen) atoms. The molecule has 1 amide bonds. The van der Waals surface area contributed by atoms with Gasteiger partial charge in [-0.2, -0.15) is 0 Å². The lowest BCUT2D eigenvalue weighted by atomic mass is 10.1. The maximum atomic E-state index is 11.7. The van der Waals surface area contributed by atoms with Crippen molar-refractivity contribution in [1.29, 1.82) is 0 Å². The Bertz CT molecular complexity index is 686. The van der Waals surface area contributed by atoms with Gasteiger partial charge in [-0.15, -0.1) is 10.2 Å². The van der Waals surface area contributed by atoms with Gasteiger partial charge in [-0.1, -0.05) is 31.4 Å². The topological polar surface area (TPSA) is 66.9 Å². The maximum Gasteiger partial charge on any atom is 0.264 e. The number of nitrogens with zero attached hydrogens (tertiary/aromatic N) is 3. The monoisotopic (exact) mass is 287 g/mol. The Morgan fingerprint density at radius 3 is 2.81 bits per heavy atom. The molecule has 0 aliphatic carbocycles. The lowest BCUT2D eigenvalue weighted by molar-refractivity contribution is -0.118. The summed E-state index contributed by atoms with van der Waals surface area (Å²) < 4.78 is 1.64. The SMILES string of the molecule is CCCCCC(=O)N=Nc1c(O)n(C)c2ccc(C)cc12. The first-order valence-electron chi connectivity index (χ1n) is 7.27. The third-order valence-corrected chi connectivity index (χ3v) is 3.55. The van der Waals surface area contributed by atoms with Crippen LogP contribution in [0.5, 0.6) is 5.88 Å². The van der Waals surface area contributed by atoms with Gasteiger partial charge >= 0.3 is 0 Å². The number of aromatic hydroxyl groups is 1. The van der Waals surface area contributed by atoms with Crippen LogP contribution < -0.4 is 0 Å². The van der Waals surface area contributed by atoms with E-state index in [9.17, 15) is 9.90 Å². The van der Waals surface area contributed by atoms with Gasteiger partial charge in [0.2, 0.25) is 5.88 Å². The fourth-order valence-electron chi connectivity index (χ4n) is 2.31. The van der Waals surface area contributed by atoms with E-state index in [1.54, 1.807) is 11.6 Å². The Balaban J connectivity index is 2.27. The Labute approximate surface area is 124 Å². The lowest BCUT2D eigenvalue weighted by Crippen LogP contribution is -1.91. The number of azo groups is 1. The molecule has 0 atom stereocenters. The maximum absolute atomic E-state index is 11.7. The van der Waals surface area contributed by atoms with E-state index in [0.717, 1.165) is 35.7 Å². The number of carbonyl (C=O) groups excluding carboxylic acids is 1. The summed E-state index contributed by atoms with van der Waals surface area (Å²) in [6, 6.07) is 5.83. The Morgan fingerprint density at radius 2 is 2.10 bits per heavy atom. The van der Waals surface area contributed by atoms with E-state index in [1.165, 1.54) is 0 Å². The highest BCUT2D eigenvalue weighted by Gasteiger charge is 2.14. The van der Waals surface area contributed by atoms with Crippen LogP contribution in [-0.2, 0) is 11.8 Å². The number of carbonyl (C=O) groups is 1. The van der Waals surface area contributed by atoms with E-state index in [4.69, 9.17) is 0 Å². The van der Waals surface area contributed by atoms with Crippen molar-refractivity contribution in [2.75, 3.05) is 0 Å². The van der Waals surface area contributed by atoms with Crippen LogP contribution in [0.1, 0.15) is 38.2 Å². The number of fused-ring (bicyclic) bond motifs is 1. The number of hydrogen-bond donors (Lipinski definition) is 1. The summed E-state index contributed by atoms with van der Waals surface area (Å²) in [6.45, 7) is 4.06. The number of amides is 1. The van der Waals surface area contributed by atoms with Crippen molar-refractivity contribution in [3.05, 3.63) is 23.8 Å². The minimum absolute atomic E-state index is 0.0284. The van der Waals surface area contributed by atoms with Crippen LogP contribution in [0.15, 0.2) is 28.4 Å². The van der Waals surface area contributed by atoms with Crippen LogP contribution in [0, 0.1) is 6.92 Å². The summed E-state index contributed by atoms with van der Waals surface area (Å²) in [5.74, 6) is -0.215. The zero-order valence-electron chi connectivity index (χ0n) is 12.8. The van der Waals surface area contributed by atoms with E-state index in [1.807, 2.05) is 25.1 Å². The summed E-state index contributed by atoms with van der Waals surface area (Å²) in [6.07, 6.45) is 3.31. The molecule has 5 heteroatoms. The minimum atomic E-state index is -0.243. The van der Waals surface area contributed by atoms with Gasteiger partial charge in [0.25, 0.3) is 5.91 Å². The standard InChI is InChI=1S/C16H21N3O2/c1-4-5-6-7-14(20)17-18-15-12-10-11(2)8-9-13(12)19(3)16(15)21/h8-10,21H,4-7H2,1-3H3. The molecular weight excluding hydrogens is 266 g/mol. The van der Waals surface area contributed by atoms with Gasteiger partial charge in [0.1, 0.15) is 0 Å². The highest BCUT2D eigenvalue weighted by atomic mass is 16.3. The van der Waals surface area contributed by atoms with Crippen LogP contribution >= 0.6 is 0 Å². The molecule has 2 aromatic rings. The first kappa shape index (κ1) is 15.2. The number of unbranched alkanes of at least 4 members (excludes halogenated alkanes) is 2. The van der Waals surface area contributed by atoms with Crippen molar-refractivity contribution in [3.63, 3.8) is 0 Å². The summed E-state index contributed by atoms with van der Waals surface area (Å²) >= 11 is 0. The highest BCUT2D eigenvalue weighted by Crippen LogP contribution is 2.38. The third kappa shape index (κ3) is 3.29. The molecule has 0 saturated carbocycles. The van der Waals surface area contributed by atoms with Crippen molar-refractivity contribution in [1.82, 2.24) is 4.57 Å². The van der Waals surface area contributed by atoms with E-state index >= 15 is 0 Å². The number of aryl methyl sites for hydroxylation is 2. The Morgan fingerprint density at radius 1 is 1.33 bits per heavy atom. The second-order valence-corrected chi connectivity index (χ2v) is 5.30. The van der Waals surface area contributed by atoms with E-state index < -0.39 is 0 Å². The quantitative estimate of drug-likeness (QED) is 0.655. The third-order valence-electron chi connectivity index (χ3n) is 3.55. The van der Waals surface area contributed by atoms with Crippen LogP contribution in [0.4, 0.5) is 5.69 Å². The summed E-state index contributed by atoms with van der Waals surface area (Å²) in [5.41, 5.74) is 2.30. The average Bonchev–Trinajstić information content (AvgIpc) is 2.69. The molecule has 5 nitrogen and oxygen atoms in total. The molecule has 0 unspecified atom stereocenters. The fraction of sp³-hybridized carbons (Fsp3) is 0.438. The molecule has 1 N–H and O–H groups in total. The van der Waals surface area contributed by atoms with Crippen molar-refractivity contribution in [2.45, 2.75) is 39.5 Å². The Hall–Kier alpha value is -2.17.